The van der Waals surface area contributed by atoms with Crippen molar-refractivity contribution >= 4 is 11.7 Å². The first-order valence-corrected chi connectivity index (χ1v) is 7.42. The van der Waals surface area contributed by atoms with Crippen molar-refractivity contribution in [2.75, 3.05) is 47.4 Å². The van der Waals surface area contributed by atoms with E-state index in [1.165, 1.54) is 6.92 Å². The summed E-state index contributed by atoms with van der Waals surface area (Å²) in [5.74, 6) is -0.117. The topological polar surface area (TPSA) is 65.6 Å². The molecule has 0 aromatic carbocycles. The van der Waals surface area contributed by atoms with Crippen LogP contribution in [0.25, 0.3) is 0 Å². The zero-order valence-electron chi connectivity index (χ0n) is 14.4. The average molecular weight is 309 g/mol. The lowest BCUT2D eigenvalue weighted by Crippen LogP contribution is -2.39. The molecule has 0 unspecified atom stereocenters. The van der Waals surface area contributed by atoms with Gasteiger partial charge in [-0.25, -0.2) is 0 Å². The first kappa shape index (κ1) is 18.4. The lowest BCUT2D eigenvalue weighted by atomic mass is 10.1. The summed E-state index contributed by atoms with van der Waals surface area (Å²) in [5, 5.41) is 0. The van der Waals surface area contributed by atoms with E-state index in [1.807, 2.05) is 32.8 Å². The Morgan fingerprint density at radius 3 is 2.23 bits per heavy atom. The molecule has 0 aliphatic heterocycles. The van der Waals surface area contributed by atoms with Crippen LogP contribution in [-0.4, -0.2) is 73.9 Å². The van der Waals surface area contributed by atoms with E-state index in [-0.39, 0.29) is 11.7 Å². The number of Topliss-reactive ketones (excluding diaryl/α,β-unsaturated/α-hetero) is 1. The molecule has 22 heavy (non-hydrogen) atoms. The van der Waals surface area contributed by atoms with Gasteiger partial charge >= 0.3 is 0 Å². The van der Waals surface area contributed by atoms with Crippen LogP contribution in [0.5, 0.6) is 0 Å². The second-order valence-corrected chi connectivity index (χ2v) is 5.77. The van der Waals surface area contributed by atoms with Crippen LogP contribution in [0, 0.1) is 13.8 Å². The van der Waals surface area contributed by atoms with E-state index in [0.717, 1.165) is 17.8 Å². The van der Waals surface area contributed by atoms with Gasteiger partial charge in [0.25, 0.3) is 5.91 Å². The number of nitrogens with one attached hydrogen (secondary N) is 1. The number of hydrogen-bond donors (Lipinski definition) is 1. The van der Waals surface area contributed by atoms with E-state index in [2.05, 4.69) is 4.98 Å². The van der Waals surface area contributed by atoms with Gasteiger partial charge in [0.2, 0.25) is 0 Å². The molecule has 1 amide bonds. The van der Waals surface area contributed by atoms with E-state index in [0.29, 0.717) is 31.0 Å². The van der Waals surface area contributed by atoms with Crippen molar-refractivity contribution in [2.45, 2.75) is 20.8 Å². The highest BCUT2D eigenvalue weighted by molar-refractivity contribution is 6.02. The third-order valence-electron chi connectivity index (χ3n) is 3.67. The van der Waals surface area contributed by atoms with Crippen LogP contribution in [0.1, 0.15) is 39.0 Å². The second kappa shape index (κ2) is 8.10. The summed E-state index contributed by atoms with van der Waals surface area (Å²) in [4.78, 5) is 31.3. The molecule has 1 N–H and O–H groups in total. The molecule has 0 saturated heterocycles. The summed E-state index contributed by atoms with van der Waals surface area (Å²) in [6.07, 6.45) is 0. The Kier molecular flexibility index (Phi) is 6.77. The van der Waals surface area contributed by atoms with Crippen LogP contribution in [-0.2, 0) is 4.74 Å². The van der Waals surface area contributed by atoms with Crippen molar-refractivity contribution in [3.63, 3.8) is 0 Å². The number of rotatable bonds is 8. The molecular weight excluding hydrogens is 282 g/mol. The number of likely N-dealkylation sites (N-methyl/N-ethyl adjacent to an activating group) is 1. The SMILES string of the molecule is COCCN(CCN(C)C)C(=O)c1[nH]c(C)c(C(C)=O)c1C. The molecule has 1 rings (SSSR count). The molecular formula is C16H27N3O3. The van der Waals surface area contributed by atoms with E-state index < -0.39 is 0 Å². The van der Waals surface area contributed by atoms with Gasteiger partial charge in [-0.3, -0.25) is 9.59 Å². The van der Waals surface area contributed by atoms with Crippen molar-refractivity contribution in [2.24, 2.45) is 0 Å². The van der Waals surface area contributed by atoms with Gasteiger partial charge in [-0.2, -0.15) is 0 Å². The minimum atomic E-state index is -0.0907. The predicted molar refractivity (Wildman–Crippen MR) is 86.6 cm³/mol. The van der Waals surface area contributed by atoms with Crippen molar-refractivity contribution in [3.8, 4) is 0 Å². The van der Waals surface area contributed by atoms with Crippen LogP contribution in [0.3, 0.4) is 0 Å². The number of hydrogen-bond acceptors (Lipinski definition) is 4. The van der Waals surface area contributed by atoms with Crippen molar-refractivity contribution in [1.29, 1.82) is 0 Å². The van der Waals surface area contributed by atoms with Crippen LogP contribution in [0.2, 0.25) is 0 Å². The lowest BCUT2D eigenvalue weighted by molar-refractivity contribution is 0.0677. The molecule has 0 aliphatic rings. The number of carbonyl (C=O) groups excluding carboxylic acids is 2. The average Bonchev–Trinajstić information content (AvgIpc) is 2.73. The zero-order valence-corrected chi connectivity index (χ0v) is 14.4. The molecule has 6 nitrogen and oxygen atoms in total. The van der Waals surface area contributed by atoms with Crippen LogP contribution in [0.15, 0.2) is 0 Å². The number of aryl methyl sites for hydroxylation is 1. The molecule has 1 aromatic heterocycles. The smallest absolute Gasteiger partial charge is 0.270 e. The maximum absolute atomic E-state index is 12.8. The standard InChI is InChI=1S/C16H27N3O3/c1-11-14(13(3)20)12(2)17-15(11)16(21)19(9-10-22-6)8-7-18(4)5/h17H,7-10H2,1-6H3. The molecule has 1 heterocycles. The molecule has 1 aromatic rings. The van der Waals surface area contributed by atoms with Crippen molar-refractivity contribution in [3.05, 3.63) is 22.5 Å². The Morgan fingerprint density at radius 1 is 1.14 bits per heavy atom. The summed E-state index contributed by atoms with van der Waals surface area (Å²) >= 11 is 0. The summed E-state index contributed by atoms with van der Waals surface area (Å²) in [6, 6.07) is 0. The quantitative estimate of drug-likeness (QED) is 0.739. The number of aromatic nitrogens is 1. The molecule has 0 spiro atoms. The third-order valence-corrected chi connectivity index (χ3v) is 3.67. The van der Waals surface area contributed by atoms with E-state index in [1.54, 1.807) is 12.0 Å². The molecule has 0 radical (unpaired) electrons. The fraction of sp³-hybridized carbons (Fsp3) is 0.625. The fourth-order valence-electron chi connectivity index (χ4n) is 2.49. The second-order valence-electron chi connectivity index (χ2n) is 5.77. The van der Waals surface area contributed by atoms with Gasteiger partial charge in [0.1, 0.15) is 5.69 Å². The van der Waals surface area contributed by atoms with Crippen LogP contribution in [0.4, 0.5) is 0 Å². The van der Waals surface area contributed by atoms with Crippen molar-refractivity contribution in [1.82, 2.24) is 14.8 Å². The molecule has 0 aliphatic carbocycles. The fourth-order valence-corrected chi connectivity index (χ4v) is 2.49. The van der Waals surface area contributed by atoms with E-state index >= 15 is 0 Å². The molecule has 0 fully saturated rings. The predicted octanol–water partition coefficient (Wildman–Crippen LogP) is 1.48. The maximum Gasteiger partial charge on any atom is 0.270 e. The Bertz CT molecular complexity index is 535. The van der Waals surface area contributed by atoms with Crippen LogP contribution < -0.4 is 0 Å². The van der Waals surface area contributed by atoms with Crippen LogP contribution >= 0.6 is 0 Å². The zero-order chi connectivity index (χ0) is 16.9. The molecule has 6 heteroatoms. The first-order chi connectivity index (χ1) is 10.3. The normalized spacial score (nSPS) is 11.0. The first-order valence-electron chi connectivity index (χ1n) is 7.42. The Balaban J connectivity index is 3.02. The molecule has 124 valence electrons. The van der Waals surface area contributed by atoms with Gasteiger partial charge in [-0.05, 0) is 40.4 Å². The van der Waals surface area contributed by atoms with Gasteiger partial charge in [-0.1, -0.05) is 0 Å². The Hall–Kier alpha value is -1.66. The Labute approximate surface area is 132 Å². The number of H-pyrrole nitrogens is 1. The molecule has 0 atom stereocenters. The van der Waals surface area contributed by atoms with Gasteiger partial charge in [-0.15, -0.1) is 0 Å². The molecule has 0 bridgehead atoms. The minimum absolute atomic E-state index is 0.0259. The maximum atomic E-state index is 12.8. The van der Waals surface area contributed by atoms with Gasteiger partial charge in [0.05, 0.1) is 6.61 Å². The van der Waals surface area contributed by atoms with Gasteiger partial charge in [0, 0.05) is 38.0 Å². The summed E-state index contributed by atoms with van der Waals surface area (Å²) in [7, 11) is 5.56. The van der Waals surface area contributed by atoms with E-state index in [9.17, 15) is 9.59 Å². The monoisotopic (exact) mass is 309 g/mol. The highest BCUT2D eigenvalue weighted by Gasteiger charge is 2.23. The summed E-state index contributed by atoms with van der Waals surface area (Å²) in [6.45, 7) is 7.54. The number of aromatic amines is 1. The number of ketones is 1. The van der Waals surface area contributed by atoms with Gasteiger partial charge in [0.15, 0.2) is 5.78 Å². The lowest BCUT2D eigenvalue weighted by Gasteiger charge is -2.24. The Morgan fingerprint density at radius 2 is 1.77 bits per heavy atom. The van der Waals surface area contributed by atoms with Crippen molar-refractivity contribution < 1.29 is 14.3 Å². The number of nitrogens with zero attached hydrogens (tertiary/aromatic N) is 2. The van der Waals surface area contributed by atoms with E-state index in [4.69, 9.17) is 4.74 Å². The third kappa shape index (κ3) is 4.42. The highest BCUT2D eigenvalue weighted by atomic mass is 16.5. The summed E-state index contributed by atoms with van der Waals surface area (Å²) in [5.41, 5.74) is 2.58. The number of ether oxygens (including phenoxy) is 1. The number of amides is 1. The number of methoxy groups -OCH3 is 1. The minimum Gasteiger partial charge on any atom is -0.383 e. The molecule has 0 saturated carbocycles. The van der Waals surface area contributed by atoms with Gasteiger partial charge < -0.3 is 19.5 Å². The summed E-state index contributed by atoms with van der Waals surface area (Å²) < 4.78 is 5.09. The largest absolute Gasteiger partial charge is 0.383 e. The highest BCUT2D eigenvalue weighted by Crippen LogP contribution is 2.20. The number of carbonyl (C=O) groups is 2.